The summed E-state index contributed by atoms with van der Waals surface area (Å²) in [7, 11) is 0. The summed E-state index contributed by atoms with van der Waals surface area (Å²) in [6, 6.07) is 1.03. The van der Waals surface area contributed by atoms with Gasteiger partial charge in [-0.25, -0.2) is 4.39 Å². The maximum atomic E-state index is 14.2. The first-order valence-electron chi connectivity index (χ1n) is 7.75. The Bertz CT molecular complexity index is 707. The minimum absolute atomic E-state index is 0.0589. The van der Waals surface area contributed by atoms with E-state index in [0.29, 0.717) is 6.07 Å². The van der Waals surface area contributed by atoms with Crippen molar-refractivity contribution in [3.8, 4) is 0 Å². The monoisotopic (exact) mass is 360 g/mol. The Balaban J connectivity index is 1.84. The molecule has 2 aliphatic heterocycles. The van der Waals surface area contributed by atoms with E-state index in [9.17, 15) is 27.2 Å². The van der Waals surface area contributed by atoms with E-state index in [1.807, 2.05) is 0 Å². The third kappa shape index (κ3) is 3.33. The molecule has 2 aliphatic rings. The van der Waals surface area contributed by atoms with Crippen LogP contribution in [0.5, 0.6) is 0 Å². The predicted molar refractivity (Wildman–Crippen MR) is 78.0 cm³/mol. The Morgan fingerprint density at radius 2 is 2.04 bits per heavy atom. The van der Waals surface area contributed by atoms with Gasteiger partial charge < -0.3 is 15.0 Å². The number of halogens is 4. The zero-order valence-electron chi connectivity index (χ0n) is 13.3. The molecule has 1 aromatic rings. The van der Waals surface area contributed by atoms with Crippen LogP contribution in [0.1, 0.15) is 18.1 Å². The quantitative estimate of drug-likeness (QED) is 0.814. The van der Waals surface area contributed by atoms with Gasteiger partial charge in [-0.05, 0) is 18.6 Å². The van der Waals surface area contributed by atoms with Crippen molar-refractivity contribution in [1.29, 1.82) is 0 Å². The highest BCUT2D eigenvalue weighted by Crippen LogP contribution is 2.33. The van der Waals surface area contributed by atoms with Crippen LogP contribution in [0, 0.1) is 5.82 Å². The molecule has 2 saturated heterocycles. The smallest absolute Gasteiger partial charge is 0.374 e. The number of carbonyl (C=O) groups excluding carboxylic acids is 2. The molecule has 3 atom stereocenters. The standard InChI is InChI=1S/C16H16F4N2O3/c1-8-6-22-12(7-25-8)14(23)21-11(15(22)24)5-9-3-2-4-10(13(9)17)16(18,19)20/h2-4,8,11-12H,5-7H2,1H3,(H,21,23)/t8-,11?,12-/m0/s1. The van der Waals surface area contributed by atoms with Gasteiger partial charge in [0, 0.05) is 13.0 Å². The molecule has 25 heavy (non-hydrogen) atoms. The number of piperazine rings is 1. The molecule has 0 aliphatic carbocycles. The number of benzene rings is 1. The summed E-state index contributed by atoms with van der Waals surface area (Å²) in [4.78, 5) is 26.0. The lowest BCUT2D eigenvalue weighted by Crippen LogP contribution is -2.68. The van der Waals surface area contributed by atoms with Crippen molar-refractivity contribution in [1.82, 2.24) is 10.2 Å². The third-order valence-electron chi connectivity index (χ3n) is 4.38. The Morgan fingerprint density at radius 3 is 2.72 bits per heavy atom. The summed E-state index contributed by atoms with van der Waals surface area (Å²) < 4.78 is 58.0. The normalized spacial score (nSPS) is 27.1. The maximum absolute atomic E-state index is 14.2. The summed E-state index contributed by atoms with van der Waals surface area (Å²) in [6.45, 7) is 2.01. The molecule has 2 fully saturated rings. The predicted octanol–water partition coefficient (Wildman–Crippen LogP) is 1.50. The fourth-order valence-electron chi connectivity index (χ4n) is 3.11. The van der Waals surface area contributed by atoms with Crippen molar-refractivity contribution in [3.05, 3.63) is 35.1 Å². The number of hydrogen-bond acceptors (Lipinski definition) is 3. The molecular weight excluding hydrogens is 344 g/mol. The zero-order valence-corrected chi connectivity index (χ0v) is 13.3. The van der Waals surface area contributed by atoms with Gasteiger partial charge >= 0.3 is 6.18 Å². The van der Waals surface area contributed by atoms with Crippen LogP contribution >= 0.6 is 0 Å². The number of carbonyl (C=O) groups is 2. The highest BCUT2D eigenvalue weighted by atomic mass is 19.4. The molecule has 5 nitrogen and oxygen atoms in total. The Hall–Kier alpha value is -2.16. The molecule has 0 spiro atoms. The van der Waals surface area contributed by atoms with Gasteiger partial charge in [0.1, 0.15) is 17.9 Å². The van der Waals surface area contributed by atoms with E-state index in [4.69, 9.17) is 4.74 Å². The zero-order chi connectivity index (χ0) is 18.4. The second kappa shape index (κ2) is 6.29. The van der Waals surface area contributed by atoms with E-state index >= 15 is 0 Å². The van der Waals surface area contributed by atoms with Crippen molar-refractivity contribution >= 4 is 11.8 Å². The second-order valence-electron chi connectivity index (χ2n) is 6.19. The molecule has 2 amide bonds. The van der Waals surface area contributed by atoms with Gasteiger partial charge in [-0.1, -0.05) is 12.1 Å². The highest BCUT2D eigenvalue weighted by Gasteiger charge is 2.44. The van der Waals surface area contributed by atoms with Crippen LogP contribution in [0.4, 0.5) is 17.6 Å². The average molecular weight is 360 g/mol. The molecule has 0 saturated carbocycles. The van der Waals surface area contributed by atoms with E-state index < -0.39 is 41.5 Å². The molecule has 3 rings (SSSR count). The fraction of sp³-hybridized carbons (Fsp3) is 0.500. The molecular formula is C16H16F4N2O3. The van der Waals surface area contributed by atoms with Gasteiger partial charge in [0.05, 0.1) is 18.3 Å². The lowest BCUT2D eigenvalue weighted by atomic mass is 9.97. The molecule has 1 aromatic carbocycles. The Kier molecular flexibility index (Phi) is 4.44. The van der Waals surface area contributed by atoms with Crippen molar-refractivity contribution in [3.63, 3.8) is 0 Å². The van der Waals surface area contributed by atoms with Gasteiger partial charge in [0.25, 0.3) is 0 Å². The van der Waals surface area contributed by atoms with Crippen LogP contribution in [0.2, 0.25) is 0 Å². The average Bonchev–Trinajstić information content (AvgIpc) is 2.53. The largest absolute Gasteiger partial charge is 0.419 e. The number of amides is 2. The van der Waals surface area contributed by atoms with Crippen LogP contribution in [-0.4, -0.2) is 48.1 Å². The van der Waals surface area contributed by atoms with E-state index in [0.717, 1.165) is 6.07 Å². The van der Waals surface area contributed by atoms with Gasteiger partial charge in [-0.2, -0.15) is 13.2 Å². The number of ether oxygens (including phenoxy) is 1. The fourth-order valence-corrected chi connectivity index (χ4v) is 3.11. The van der Waals surface area contributed by atoms with Crippen LogP contribution < -0.4 is 5.32 Å². The molecule has 1 N–H and O–H groups in total. The number of morpholine rings is 1. The summed E-state index contributed by atoms with van der Waals surface area (Å²) in [5, 5.41) is 2.46. The van der Waals surface area contributed by atoms with Crippen LogP contribution in [0.25, 0.3) is 0 Å². The number of alkyl halides is 3. The molecule has 0 bridgehead atoms. The summed E-state index contributed by atoms with van der Waals surface area (Å²) in [5.74, 6) is -2.32. The first-order chi connectivity index (χ1) is 11.7. The lowest BCUT2D eigenvalue weighted by molar-refractivity contribution is -0.161. The van der Waals surface area contributed by atoms with Crippen molar-refractivity contribution in [2.24, 2.45) is 0 Å². The molecule has 0 aromatic heterocycles. The van der Waals surface area contributed by atoms with Crippen LogP contribution in [0.3, 0.4) is 0 Å². The number of nitrogens with zero attached hydrogens (tertiary/aromatic N) is 1. The topological polar surface area (TPSA) is 58.6 Å². The Morgan fingerprint density at radius 1 is 1.32 bits per heavy atom. The summed E-state index contributed by atoms with van der Waals surface area (Å²) in [5.41, 5.74) is -1.66. The van der Waals surface area contributed by atoms with Gasteiger partial charge in [0.15, 0.2) is 0 Å². The summed E-state index contributed by atoms with van der Waals surface area (Å²) >= 11 is 0. The van der Waals surface area contributed by atoms with Gasteiger partial charge in [0.2, 0.25) is 11.8 Å². The van der Waals surface area contributed by atoms with E-state index in [1.165, 1.54) is 11.0 Å². The van der Waals surface area contributed by atoms with Crippen LogP contribution in [-0.2, 0) is 26.9 Å². The first-order valence-corrected chi connectivity index (χ1v) is 7.75. The minimum Gasteiger partial charge on any atom is -0.374 e. The lowest BCUT2D eigenvalue weighted by Gasteiger charge is -2.43. The van der Waals surface area contributed by atoms with Crippen molar-refractivity contribution in [2.75, 3.05) is 13.2 Å². The molecule has 0 radical (unpaired) electrons. The van der Waals surface area contributed by atoms with E-state index in [1.54, 1.807) is 6.92 Å². The SMILES string of the molecule is C[C@H]1CN2C(=O)C(Cc3cccc(C(F)(F)F)c3F)NC(=O)[C@@H]2CO1. The molecule has 1 unspecified atom stereocenters. The van der Waals surface area contributed by atoms with Gasteiger partial charge in [-0.15, -0.1) is 0 Å². The highest BCUT2D eigenvalue weighted by molar-refractivity contribution is 5.97. The second-order valence-corrected chi connectivity index (χ2v) is 6.19. The Labute approximate surface area is 140 Å². The first kappa shape index (κ1) is 17.7. The maximum Gasteiger partial charge on any atom is 0.419 e. The number of hydrogen-bond donors (Lipinski definition) is 1. The van der Waals surface area contributed by atoms with E-state index in [-0.39, 0.29) is 31.2 Å². The molecule has 2 heterocycles. The van der Waals surface area contributed by atoms with Gasteiger partial charge in [-0.3, -0.25) is 9.59 Å². The number of nitrogens with one attached hydrogen (secondary N) is 1. The number of rotatable bonds is 2. The molecule has 136 valence electrons. The third-order valence-corrected chi connectivity index (χ3v) is 4.38. The van der Waals surface area contributed by atoms with Crippen LogP contribution in [0.15, 0.2) is 18.2 Å². The van der Waals surface area contributed by atoms with Crippen molar-refractivity contribution < 1.29 is 31.9 Å². The number of fused-ring (bicyclic) bond motifs is 1. The summed E-state index contributed by atoms with van der Waals surface area (Å²) in [6.07, 6.45) is -5.43. The van der Waals surface area contributed by atoms with E-state index in [2.05, 4.69) is 5.32 Å². The molecule has 9 heteroatoms. The minimum atomic E-state index is -4.83. The van der Waals surface area contributed by atoms with Crippen molar-refractivity contribution in [2.45, 2.75) is 37.7 Å².